The molecular weight excluding hydrogens is 436 g/mol. The molecule has 0 unspecified atom stereocenters. The van der Waals surface area contributed by atoms with Crippen molar-refractivity contribution in [3.05, 3.63) is 101 Å². The molecule has 1 amide bonds. The molecule has 2 N–H and O–H groups in total. The highest BCUT2D eigenvalue weighted by atomic mass is 32.1. The second-order valence-corrected chi connectivity index (χ2v) is 8.24. The van der Waals surface area contributed by atoms with Crippen molar-refractivity contribution in [2.24, 2.45) is 0 Å². The summed E-state index contributed by atoms with van der Waals surface area (Å²) in [5, 5.41) is 14.1. The first kappa shape index (κ1) is 22.2. The molecule has 0 saturated heterocycles. The number of carboxylic acids is 1. The zero-order valence-electron chi connectivity index (χ0n) is 17.7. The van der Waals surface area contributed by atoms with Gasteiger partial charge in [0, 0.05) is 23.1 Å². The van der Waals surface area contributed by atoms with Crippen LogP contribution in [0.3, 0.4) is 0 Å². The molecule has 0 atom stereocenters. The molecule has 0 aliphatic carbocycles. The van der Waals surface area contributed by atoms with E-state index in [9.17, 15) is 9.59 Å². The van der Waals surface area contributed by atoms with Crippen LogP contribution >= 0.6 is 11.3 Å². The van der Waals surface area contributed by atoms with Crippen molar-refractivity contribution in [3.8, 4) is 16.3 Å². The van der Waals surface area contributed by atoms with Gasteiger partial charge >= 0.3 is 5.97 Å². The molecular formula is C26H22N2O4S. The molecule has 0 aliphatic rings. The van der Waals surface area contributed by atoms with Crippen LogP contribution < -0.4 is 10.1 Å². The number of nitrogens with zero attached hydrogens (tertiary/aromatic N) is 1. The first-order chi connectivity index (χ1) is 16.1. The summed E-state index contributed by atoms with van der Waals surface area (Å²) in [6.45, 7) is 0.502. The zero-order valence-corrected chi connectivity index (χ0v) is 18.5. The molecule has 7 heteroatoms. The number of amides is 1. The number of carbonyl (C=O) groups is 2. The van der Waals surface area contributed by atoms with E-state index in [1.165, 1.54) is 11.3 Å². The van der Waals surface area contributed by atoms with Crippen LogP contribution in [0.4, 0.5) is 5.69 Å². The lowest BCUT2D eigenvalue weighted by molar-refractivity contribution is -0.136. The van der Waals surface area contributed by atoms with Gasteiger partial charge in [0.2, 0.25) is 0 Å². The predicted octanol–water partition coefficient (Wildman–Crippen LogP) is 5.66. The Morgan fingerprint density at radius 1 is 0.909 bits per heavy atom. The van der Waals surface area contributed by atoms with Crippen LogP contribution in [0, 0.1) is 0 Å². The van der Waals surface area contributed by atoms with Crippen molar-refractivity contribution < 1.29 is 19.4 Å². The summed E-state index contributed by atoms with van der Waals surface area (Å²) in [4.78, 5) is 27.7. The summed E-state index contributed by atoms with van der Waals surface area (Å²) in [7, 11) is 0. The number of aryl methyl sites for hydroxylation is 1. The number of anilines is 1. The highest BCUT2D eigenvalue weighted by Gasteiger charge is 2.12. The van der Waals surface area contributed by atoms with Crippen LogP contribution in [0.15, 0.2) is 84.2 Å². The monoisotopic (exact) mass is 458 g/mol. The number of rotatable bonds is 9. The topological polar surface area (TPSA) is 88.5 Å². The third-order valence-electron chi connectivity index (χ3n) is 4.93. The molecule has 3 aromatic carbocycles. The maximum atomic E-state index is 12.6. The minimum Gasteiger partial charge on any atom is -0.489 e. The van der Waals surface area contributed by atoms with E-state index in [-0.39, 0.29) is 12.3 Å². The summed E-state index contributed by atoms with van der Waals surface area (Å²) in [6.07, 6.45) is 0.530. The molecule has 6 nitrogen and oxygen atoms in total. The Kier molecular flexibility index (Phi) is 7.12. The number of ether oxygens (including phenoxy) is 1. The van der Waals surface area contributed by atoms with Crippen molar-refractivity contribution in [3.63, 3.8) is 0 Å². The Hall–Kier alpha value is -3.97. The Morgan fingerprint density at radius 2 is 1.64 bits per heavy atom. The largest absolute Gasteiger partial charge is 0.489 e. The first-order valence-corrected chi connectivity index (χ1v) is 11.3. The van der Waals surface area contributed by atoms with E-state index in [0.717, 1.165) is 27.4 Å². The van der Waals surface area contributed by atoms with Crippen LogP contribution in [0.1, 0.15) is 28.0 Å². The quantitative estimate of drug-likeness (QED) is 0.338. The maximum absolute atomic E-state index is 12.6. The van der Waals surface area contributed by atoms with Gasteiger partial charge < -0.3 is 15.2 Å². The van der Waals surface area contributed by atoms with Crippen LogP contribution in [0.5, 0.6) is 5.75 Å². The fourth-order valence-electron chi connectivity index (χ4n) is 3.15. The van der Waals surface area contributed by atoms with E-state index in [2.05, 4.69) is 10.3 Å². The molecule has 4 aromatic rings. The molecule has 1 heterocycles. The number of carboxylic acid groups (broad SMARTS) is 1. The average molecular weight is 459 g/mol. The Morgan fingerprint density at radius 3 is 2.33 bits per heavy atom. The van der Waals surface area contributed by atoms with E-state index in [4.69, 9.17) is 9.84 Å². The maximum Gasteiger partial charge on any atom is 0.303 e. The van der Waals surface area contributed by atoms with Crippen molar-refractivity contribution in [2.45, 2.75) is 19.4 Å². The molecule has 0 fully saturated rings. The van der Waals surface area contributed by atoms with Crippen molar-refractivity contribution in [2.75, 3.05) is 5.32 Å². The molecule has 0 spiro atoms. The second kappa shape index (κ2) is 10.6. The summed E-state index contributed by atoms with van der Waals surface area (Å²) >= 11 is 1.40. The second-order valence-electron chi connectivity index (χ2n) is 7.38. The number of carbonyl (C=O) groups excluding carboxylic acids is 1. The van der Waals surface area contributed by atoms with Gasteiger partial charge in [0.05, 0.1) is 0 Å². The molecule has 0 saturated carbocycles. The van der Waals surface area contributed by atoms with E-state index < -0.39 is 5.97 Å². The number of benzene rings is 3. The Balaban J connectivity index is 1.34. The molecule has 0 bridgehead atoms. The average Bonchev–Trinajstić information content (AvgIpc) is 3.34. The van der Waals surface area contributed by atoms with Gasteiger partial charge in [-0.1, -0.05) is 42.5 Å². The third-order valence-corrected chi connectivity index (χ3v) is 5.82. The Bertz CT molecular complexity index is 1220. The van der Waals surface area contributed by atoms with Gasteiger partial charge in [-0.15, -0.1) is 11.3 Å². The minimum atomic E-state index is -0.832. The highest BCUT2D eigenvalue weighted by Crippen LogP contribution is 2.26. The summed E-state index contributed by atoms with van der Waals surface area (Å²) in [5.74, 6) is -0.358. The van der Waals surface area contributed by atoms with Gasteiger partial charge in [-0.3, -0.25) is 9.59 Å². The van der Waals surface area contributed by atoms with Crippen molar-refractivity contribution >= 4 is 28.9 Å². The molecule has 0 radical (unpaired) electrons. The SMILES string of the molecule is O=C(O)CCc1ccc(NC(=O)c2csc(-c3ccc(OCc4ccccc4)cc3)n2)cc1. The number of thiazole rings is 1. The molecule has 1 aromatic heterocycles. The highest BCUT2D eigenvalue weighted by molar-refractivity contribution is 7.13. The summed E-state index contributed by atoms with van der Waals surface area (Å²) in [5.41, 5.74) is 3.89. The fraction of sp³-hybridized carbons (Fsp3) is 0.115. The van der Waals surface area contributed by atoms with Gasteiger partial charge in [-0.05, 0) is 53.9 Å². The van der Waals surface area contributed by atoms with Gasteiger partial charge in [0.1, 0.15) is 23.1 Å². The first-order valence-electron chi connectivity index (χ1n) is 10.4. The lowest BCUT2D eigenvalue weighted by Gasteiger charge is -2.06. The van der Waals surface area contributed by atoms with E-state index in [1.54, 1.807) is 17.5 Å². The van der Waals surface area contributed by atoms with Gasteiger partial charge in [-0.25, -0.2) is 4.98 Å². The predicted molar refractivity (Wildman–Crippen MR) is 129 cm³/mol. The van der Waals surface area contributed by atoms with Gasteiger partial charge in [0.25, 0.3) is 5.91 Å². The molecule has 4 rings (SSSR count). The van der Waals surface area contributed by atoms with E-state index in [0.29, 0.717) is 24.4 Å². The number of aromatic nitrogens is 1. The number of nitrogens with one attached hydrogen (secondary N) is 1. The van der Waals surface area contributed by atoms with Crippen LogP contribution in [-0.2, 0) is 17.8 Å². The summed E-state index contributed by atoms with van der Waals surface area (Å²) in [6, 6.07) is 24.8. The minimum absolute atomic E-state index is 0.0768. The fourth-order valence-corrected chi connectivity index (χ4v) is 3.95. The van der Waals surface area contributed by atoms with Gasteiger partial charge in [-0.2, -0.15) is 0 Å². The van der Waals surface area contributed by atoms with Gasteiger partial charge in [0.15, 0.2) is 0 Å². The molecule has 166 valence electrons. The standard InChI is InChI=1S/C26H22N2O4S/c29-24(30)15-8-18-6-11-21(12-7-18)27-25(31)23-17-33-26(28-23)20-9-13-22(14-10-20)32-16-19-4-2-1-3-5-19/h1-7,9-14,17H,8,15-16H2,(H,27,31)(H,29,30). The van der Waals surface area contributed by atoms with Crippen molar-refractivity contribution in [1.29, 1.82) is 0 Å². The smallest absolute Gasteiger partial charge is 0.303 e. The molecule has 0 aliphatic heterocycles. The zero-order chi connectivity index (χ0) is 23.0. The third kappa shape index (κ3) is 6.27. The van der Waals surface area contributed by atoms with Crippen LogP contribution in [0.2, 0.25) is 0 Å². The van der Waals surface area contributed by atoms with E-state index in [1.807, 2.05) is 66.7 Å². The lowest BCUT2D eigenvalue weighted by Crippen LogP contribution is -2.12. The summed E-state index contributed by atoms with van der Waals surface area (Å²) < 4.78 is 5.82. The Labute approximate surface area is 195 Å². The normalized spacial score (nSPS) is 10.5. The number of hydrogen-bond acceptors (Lipinski definition) is 5. The van der Waals surface area contributed by atoms with Crippen LogP contribution in [0.25, 0.3) is 10.6 Å². The lowest BCUT2D eigenvalue weighted by atomic mass is 10.1. The van der Waals surface area contributed by atoms with Crippen LogP contribution in [-0.4, -0.2) is 22.0 Å². The number of aliphatic carboxylic acids is 1. The molecule has 33 heavy (non-hydrogen) atoms. The van der Waals surface area contributed by atoms with E-state index >= 15 is 0 Å². The number of hydrogen-bond donors (Lipinski definition) is 2. The van der Waals surface area contributed by atoms with Crippen molar-refractivity contribution in [1.82, 2.24) is 4.98 Å².